The Balaban J connectivity index is 1.74. The van der Waals surface area contributed by atoms with Gasteiger partial charge in [0.1, 0.15) is 0 Å². The number of ether oxygens (including phenoxy) is 2. The van der Waals surface area contributed by atoms with Gasteiger partial charge < -0.3 is 20.1 Å². The molecule has 1 fully saturated rings. The van der Waals surface area contributed by atoms with Crippen molar-refractivity contribution in [2.24, 2.45) is 5.92 Å². The second-order valence-corrected chi connectivity index (χ2v) is 4.74. The lowest BCUT2D eigenvalue weighted by molar-refractivity contribution is -0.120. The smallest absolute Gasteiger partial charge is 0.233 e. The summed E-state index contributed by atoms with van der Waals surface area (Å²) in [5, 5.41) is 5.94. The molecule has 1 aliphatic rings. The molecule has 2 N–H and O–H groups in total. The first-order valence-electron chi connectivity index (χ1n) is 6.87. The highest BCUT2D eigenvalue weighted by molar-refractivity contribution is 5.77. The quantitative estimate of drug-likeness (QED) is 0.502. The lowest BCUT2D eigenvalue weighted by Crippen LogP contribution is -2.35. The maximum absolute atomic E-state index is 11.3. The fourth-order valence-corrected chi connectivity index (χ4v) is 1.54. The molecule has 106 valence electrons. The molecule has 0 aromatic carbocycles. The monoisotopic (exact) mass is 258 g/mol. The summed E-state index contributed by atoms with van der Waals surface area (Å²) in [4.78, 5) is 11.3. The molecule has 1 rings (SSSR count). The molecule has 0 spiro atoms. The largest absolute Gasteiger partial charge is 0.385 e. The summed E-state index contributed by atoms with van der Waals surface area (Å²) in [6, 6.07) is 0. The number of nitrogens with one attached hydrogen (secondary N) is 2. The number of hydrogen-bond acceptors (Lipinski definition) is 4. The molecule has 0 aliphatic heterocycles. The van der Waals surface area contributed by atoms with E-state index in [1.54, 1.807) is 7.11 Å². The number of carbonyl (C=O) groups excluding carboxylic acids is 1. The minimum atomic E-state index is 0.0463. The van der Waals surface area contributed by atoms with Crippen LogP contribution >= 0.6 is 0 Å². The fraction of sp³-hybridized carbons (Fsp3) is 0.923. The Labute approximate surface area is 110 Å². The zero-order valence-corrected chi connectivity index (χ0v) is 11.4. The van der Waals surface area contributed by atoms with E-state index in [0.29, 0.717) is 19.7 Å². The number of hydrogen-bond donors (Lipinski definition) is 2. The van der Waals surface area contributed by atoms with Crippen LogP contribution in [0.2, 0.25) is 0 Å². The molecule has 18 heavy (non-hydrogen) atoms. The number of carbonyl (C=O) groups is 1. The van der Waals surface area contributed by atoms with Crippen molar-refractivity contribution in [1.82, 2.24) is 10.6 Å². The Morgan fingerprint density at radius 2 is 2.00 bits per heavy atom. The summed E-state index contributed by atoms with van der Waals surface area (Å²) in [7, 11) is 1.66. The summed E-state index contributed by atoms with van der Waals surface area (Å²) in [5.74, 6) is 0.876. The average Bonchev–Trinajstić information content (AvgIpc) is 3.17. The molecule has 0 heterocycles. The van der Waals surface area contributed by atoms with Crippen LogP contribution in [-0.4, -0.2) is 52.5 Å². The van der Waals surface area contributed by atoms with Crippen LogP contribution < -0.4 is 10.6 Å². The van der Waals surface area contributed by atoms with E-state index in [0.717, 1.165) is 38.5 Å². The number of amides is 1. The Bertz CT molecular complexity index is 220. The highest BCUT2D eigenvalue weighted by atomic mass is 16.5. The van der Waals surface area contributed by atoms with Crippen LogP contribution in [0.4, 0.5) is 0 Å². The van der Waals surface area contributed by atoms with Crippen molar-refractivity contribution in [2.45, 2.75) is 25.7 Å². The van der Waals surface area contributed by atoms with Gasteiger partial charge in [-0.15, -0.1) is 0 Å². The van der Waals surface area contributed by atoms with E-state index in [1.165, 1.54) is 12.8 Å². The summed E-state index contributed by atoms with van der Waals surface area (Å²) in [6.45, 7) is 4.29. The maximum Gasteiger partial charge on any atom is 0.233 e. The minimum Gasteiger partial charge on any atom is -0.385 e. The van der Waals surface area contributed by atoms with Gasteiger partial charge in [0.25, 0.3) is 0 Å². The van der Waals surface area contributed by atoms with E-state index in [-0.39, 0.29) is 5.91 Å². The standard InChI is InChI=1S/C13H26N2O3/c1-17-8-3-7-15-13(16)10-14-6-2-9-18-11-12-4-5-12/h12,14H,2-11H2,1H3,(H,15,16). The van der Waals surface area contributed by atoms with Gasteiger partial charge in [-0.2, -0.15) is 0 Å². The molecule has 1 aliphatic carbocycles. The predicted molar refractivity (Wildman–Crippen MR) is 70.5 cm³/mol. The first-order chi connectivity index (χ1) is 8.83. The molecular weight excluding hydrogens is 232 g/mol. The van der Waals surface area contributed by atoms with Crippen molar-refractivity contribution >= 4 is 5.91 Å². The normalized spacial score (nSPS) is 14.7. The van der Waals surface area contributed by atoms with E-state index >= 15 is 0 Å². The van der Waals surface area contributed by atoms with Crippen LogP contribution in [0.3, 0.4) is 0 Å². The molecular formula is C13H26N2O3. The lowest BCUT2D eigenvalue weighted by Gasteiger charge is -2.07. The van der Waals surface area contributed by atoms with Gasteiger partial charge in [-0.05, 0) is 38.1 Å². The summed E-state index contributed by atoms with van der Waals surface area (Å²) in [6.07, 6.45) is 4.49. The summed E-state index contributed by atoms with van der Waals surface area (Å²) in [5.41, 5.74) is 0. The molecule has 0 saturated heterocycles. The highest BCUT2D eigenvalue weighted by Gasteiger charge is 2.20. The third-order valence-electron chi connectivity index (χ3n) is 2.83. The second-order valence-electron chi connectivity index (χ2n) is 4.74. The van der Waals surface area contributed by atoms with E-state index in [4.69, 9.17) is 9.47 Å². The minimum absolute atomic E-state index is 0.0463. The maximum atomic E-state index is 11.3. The van der Waals surface area contributed by atoms with Gasteiger partial charge in [0.15, 0.2) is 0 Å². The van der Waals surface area contributed by atoms with Crippen molar-refractivity contribution in [3.8, 4) is 0 Å². The second kappa shape index (κ2) is 10.3. The van der Waals surface area contributed by atoms with Gasteiger partial charge in [-0.3, -0.25) is 4.79 Å². The van der Waals surface area contributed by atoms with Crippen molar-refractivity contribution in [2.75, 3.05) is 46.6 Å². The van der Waals surface area contributed by atoms with Crippen LogP contribution in [0.15, 0.2) is 0 Å². The molecule has 1 amide bonds. The average molecular weight is 258 g/mol. The Morgan fingerprint density at radius 1 is 1.22 bits per heavy atom. The predicted octanol–water partition coefficient (Wildman–Crippen LogP) is 0.545. The van der Waals surface area contributed by atoms with Gasteiger partial charge in [-0.1, -0.05) is 0 Å². The molecule has 5 nitrogen and oxygen atoms in total. The lowest BCUT2D eigenvalue weighted by atomic mass is 10.4. The number of rotatable bonds is 12. The van der Waals surface area contributed by atoms with Crippen molar-refractivity contribution < 1.29 is 14.3 Å². The molecule has 0 radical (unpaired) electrons. The van der Waals surface area contributed by atoms with Crippen LogP contribution in [0.25, 0.3) is 0 Å². The van der Waals surface area contributed by atoms with Gasteiger partial charge in [0.05, 0.1) is 6.54 Å². The van der Waals surface area contributed by atoms with Gasteiger partial charge in [0.2, 0.25) is 5.91 Å². The van der Waals surface area contributed by atoms with Crippen LogP contribution in [-0.2, 0) is 14.3 Å². The highest BCUT2D eigenvalue weighted by Crippen LogP contribution is 2.28. The van der Waals surface area contributed by atoms with Crippen molar-refractivity contribution in [3.63, 3.8) is 0 Å². The molecule has 0 atom stereocenters. The molecule has 0 aromatic rings. The SMILES string of the molecule is COCCCNC(=O)CNCCCOCC1CC1. The van der Waals surface area contributed by atoms with Gasteiger partial charge in [0, 0.05) is 33.5 Å². The van der Waals surface area contributed by atoms with E-state index in [1.807, 2.05) is 0 Å². The van der Waals surface area contributed by atoms with Crippen LogP contribution in [0.1, 0.15) is 25.7 Å². The Kier molecular flexibility index (Phi) is 8.81. The molecule has 5 heteroatoms. The van der Waals surface area contributed by atoms with Gasteiger partial charge in [-0.25, -0.2) is 0 Å². The van der Waals surface area contributed by atoms with Crippen molar-refractivity contribution in [1.29, 1.82) is 0 Å². The fourth-order valence-electron chi connectivity index (χ4n) is 1.54. The zero-order chi connectivity index (χ0) is 13.1. The van der Waals surface area contributed by atoms with E-state index < -0.39 is 0 Å². The van der Waals surface area contributed by atoms with Crippen LogP contribution in [0.5, 0.6) is 0 Å². The van der Waals surface area contributed by atoms with Crippen molar-refractivity contribution in [3.05, 3.63) is 0 Å². The Hall–Kier alpha value is -0.650. The first-order valence-corrected chi connectivity index (χ1v) is 6.87. The first kappa shape index (κ1) is 15.4. The van der Waals surface area contributed by atoms with Gasteiger partial charge >= 0.3 is 0 Å². The summed E-state index contributed by atoms with van der Waals surface area (Å²) >= 11 is 0. The summed E-state index contributed by atoms with van der Waals surface area (Å²) < 4.78 is 10.4. The number of methoxy groups -OCH3 is 1. The third kappa shape index (κ3) is 9.39. The Morgan fingerprint density at radius 3 is 2.72 bits per heavy atom. The van der Waals surface area contributed by atoms with E-state index in [2.05, 4.69) is 10.6 Å². The molecule has 0 bridgehead atoms. The molecule has 1 saturated carbocycles. The third-order valence-corrected chi connectivity index (χ3v) is 2.83. The molecule has 0 aromatic heterocycles. The van der Waals surface area contributed by atoms with Crippen LogP contribution in [0, 0.1) is 5.92 Å². The zero-order valence-electron chi connectivity index (χ0n) is 11.4. The topological polar surface area (TPSA) is 59.6 Å². The molecule has 0 unspecified atom stereocenters. The van der Waals surface area contributed by atoms with E-state index in [9.17, 15) is 4.79 Å².